The van der Waals surface area contributed by atoms with Crippen molar-refractivity contribution in [2.75, 3.05) is 14.1 Å². The summed E-state index contributed by atoms with van der Waals surface area (Å²) in [5, 5.41) is 18.9. The van der Waals surface area contributed by atoms with Crippen molar-refractivity contribution in [1.29, 1.82) is 5.26 Å². The van der Waals surface area contributed by atoms with Gasteiger partial charge in [-0.1, -0.05) is 42.5 Å². The Bertz CT molecular complexity index is 709. The molecule has 23 heavy (non-hydrogen) atoms. The smallest absolute Gasteiger partial charge is 0.0766 e. The molecule has 0 aliphatic heterocycles. The van der Waals surface area contributed by atoms with Crippen LogP contribution in [-0.4, -0.2) is 24.1 Å². The molecule has 0 fully saturated rings. The monoisotopic (exact) mass is 308 g/mol. The van der Waals surface area contributed by atoms with Crippen LogP contribution in [0.25, 0.3) is 11.1 Å². The van der Waals surface area contributed by atoms with Gasteiger partial charge in [-0.15, -0.1) is 0 Å². The second-order valence-corrected chi connectivity index (χ2v) is 6.70. The van der Waals surface area contributed by atoms with Gasteiger partial charge in [0, 0.05) is 6.54 Å². The highest BCUT2D eigenvalue weighted by Gasteiger charge is 2.19. The van der Waals surface area contributed by atoms with Gasteiger partial charge in [0.05, 0.1) is 18.1 Å². The Morgan fingerprint density at radius 2 is 1.74 bits per heavy atom. The van der Waals surface area contributed by atoms with Crippen LogP contribution in [0.5, 0.6) is 0 Å². The van der Waals surface area contributed by atoms with E-state index in [9.17, 15) is 10.4 Å². The topological polar surface area (TPSA) is 47.3 Å². The molecule has 1 N–H and O–H groups in total. The molecular formula is C20H24N2O. The third kappa shape index (κ3) is 3.98. The molecule has 2 aromatic carbocycles. The van der Waals surface area contributed by atoms with E-state index in [2.05, 4.69) is 29.2 Å². The lowest BCUT2D eigenvalue weighted by Gasteiger charge is -2.17. The molecule has 0 amide bonds. The van der Waals surface area contributed by atoms with Gasteiger partial charge in [0.1, 0.15) is 0 Å². The molecule has 120 valence electrons. The van der Waals surface area contributed by atoms with Crippen LogP contribution in [0.3, 0.4) is 0 Å². The van der Waals surface area contributed by atoms with E-state index in [1.165, 1.54) is 5.56 Å². The summed E-state index contributed by atoms with van der Waals surface area (Å²) in [4.78, 5) is 2.11. The van der Waals surface area contributed by atoms with Crippen LogP contribution < -0.4 is 0 Å². The van der Waals surface area contributed by atoms with Gasteiger partial charge in [-0.3, -0.25) is 0 Å². The van der Waals surface area contributed by atoms with Crippen molar-refractivity contribution in [2.24, 2.45) is 0 Å². The summed E-state index contributed by atoms with van der Waals surface area (Å²) in [6.45, 7) is 4.69. The summed E-state index contributed by atoms with van der Waals surface area (Å²) in [5.74, 6) is 0. The van der Waals surface area contributed by atoms with Gasteiger partial charge in [-0.2, -0.15) is 5.26 Å². The number of hydrogen-bond acceptors (Lipinski definition) is 3. The van der Waals surface area contributed by atoms with E-state index < -0.39 is 5.41 Å². The minimum absolute atomic E-state index is 0.0159. The molecule has 0 radical (unpaired) electrons. The Labute approximate surface area is 138 Å². The lowest BCUT2D eigenvalue weighted by molar-refractivity contribution is 0.282. The van der Waals surface area contributed by atoms with Crippen LogP contribution in [0.2, 0.25) is 0 Å². The average molecular weight is 308 g/mol. The van der Waals surface area contributed by atoms with E-state index in [4.69, 9.17) is 0 Å². The maximum atomic E-state index is 9.70. The molecule has 0 bridgehead atoms. The van der Waals surface area contributed by atoms with Gasteiger partial charge in [0.2, 0.25) is 0 Å². The van der Waals surface area contributed by atoms with Crippen molar-refractivity contribution in [3.05, 3.63) is 59.2 Å². The normalized spacial score (nSPS) is 11.5. The fraction of sp³-hybridized carbons (Fsp3) is 0.350. The number of benzene rings is 2. The van der Waals surface area contributed by atoms with Crippen molar-refractivity contribution >= 4 is 0 Å². The minimum atomic E-state index is -0.492. The Morgan fingerprint density at radius 3 is 2.26 bits per heavy atom. The molecule has 0 aliphatic carbocycles. The molecule has 0 spiro atoms. The second-order valence-electron chi connectivity index (χ2n) is 6.70. The third-order valence-electron chi connectivity index (χ3n) is 4.04. The first-order valence-electron chi connectivity index (χ1n) is 7.77. The summed E-state index contributed by atoms with van der Waals surface area (Å²) < 4.78 is 0. The van der Waals surface area contributed by atoms with E-state index in [1.54, 1.807) is 0 Å². The molecule has 0 unspecified atom stereocenters. The van der Waals surface area contributed by atoms with Gasteiger partial charge >= 0.3 is 0 Å². The molecule has 0 atom stereocenters. The van der Waals surface area contributed by atoms with E-state index in [0.717, 1.165) is 28.8 Å². The predicted octanol–water partition coefficient (Wildman–Crippen LogP) is 3.71. The van der Waals surface area contributed by atoms with Crippen LogP contribution in [0, 0.1) is 11.3 Å². The zero-order valence-corrected chi connectivity index (χ0v) is 14.3. The molecule has 0 saturated heterocycles. The first-order chi connectivity index (χ1) is 10.9. The number of nitrogens with zero attached hydrogens (tertiary/aromatic N) is 2. The standard InChI is InChI=1S/C20H24N2O/c1-20(2,14-21)18-8-6-16(7-9-18)19-10-5-15(12-22(3)4)11-17(19)13-23/h5-11,23H,12-13H2,1-4H3. The Morgan fingerprint density at radius 1 is 1.09 bits per heavy atom. The van der Waals surface area contributed by atoms with E-state index >= 15 is 0 Å². The van der Waals surface area contributed by atoms with Crippen LogP contribution >= 0.6 is 0 Å². The molecule has 0 aliphatic rings. The summed E-state index contributed by atoms with van der Waals surface area (Å²) in [6.07, 6.45) is 0. The predicted molar refractivity (Wildman–Crippen MR) is 93.8 cm³/mol. The van der Waals surface area contributed by atoms with E-state index in [-0.39, 0.29) is 6.61 Å². The molecule has 0 aromatic heterocycles. The number of hydrogen-bond donors (Lipinski definition) is 1. The van der Waals surface area contributed by atoms with Crippen LogP contribution in [0.15, 0.2) is 42.5 Å². The first-order valence-corrected chi connectivity index (χ1v) is 7.77. The van der Waals surface area contributed by atoms with Gasteiger partial charge in [-0.05, 0) is 55.8 Å². The van der Waals surface area contributed by atoms with Gasteiger partial charge in [0.15, 0.2) is 0 Å². The van der Waals surface area contributed by atoms with E-state index in [0.29, 0.717) is 0 Å². The summed E-state index contributed by atoms with van der Waals surface area (Å²) in [7, 11) is 4.06. The highest BCUT2D eigenvalue weighted by molar-refractivity contribution is 5.68. The SMILES string of the molecule is CN(C)Cc1ccc(-c2ccc(C(C)(C)C#N)cc2)c(CO)c1. The number of rotatable bonds is 5. The summed E-state index contributed by atoms with van der Waals surface area (Å²) in [5.41, 5.74) is 4.72. The van der Waals surface area contributed by atoms with Crippen LogP contribution in [-0.2, 0) is 18.6 Å². The fourth-order valence-electron chi connectivity index (χ4n) is 2.65. The number of nitriles is 1. The van der Waals surface area contributed by atoms with Crippen molar-refractivity contribution in [3.8, 4) is 17.2 Å². The van der Waals surface area contributed by atoms with Crippen molar-refractivity contribution in [3.63, 3.8) is 0 Å². The Hall–Kier alpha value is -2.15. The Kier molecular flexibility index (Phi) is 5.20. The zero-order chi connectivity index (χ0) is 17.0. The van der Waals surface area contributed by atoms with Gasteiger partial charge < -0.3 is 10.0 Å². The molecule has 0 saturated carbocycles. The third-order valence-corrected chi connectivity index (χ3v) is 4.04. The number of aliphatic hydroxyl groups is 1. The maximum Gasteiger partial charge on any atom is 0.0766 e. The average Bonchev–Trinajstić information content (AvgIpc) is 2.54. The number of aliphatic hydroxyl groups excluding tert-OH is 1. The quantitative estimate of drug-likeness (QED) is 0.916. The zero-order valence-electron chi connectivity index (χ0n) is 14.3. The van der Waals surface area contributed by atoms with Crippen molar-refractivity contribution in [2.45, 2.75) is 32.4 Å². The minimum Gasteiger partial charge on any atom is -0.392 e. The fourth-order valence-corrected chi connectivity index (χ4v) is 2.65. The molecule has 0 heterocycles. The largest absolute Gasteiger partial charge is 0.392 e. The van der Waals surface area contributed by atoms with Crippen molar-refractivity contribution in [1.82, 2.24) is 4.90 Å². The molecule has 3 nitrogen and oxygen atoms in total. The Balaban J connectivity index is 2.37. The van der Waals surface area contributed by atoms with Crippen LogP contribution in [0.1, 0.15) is 30.5 Å². The van der Waals surface area contributed by atoms with Gasteiger partial charge in [0.25, 0.3) is 0 Å². The summed E-state index contributed by atoms with van der Waals surface area (Å²) in [6, 6.07) is 16.6. The second kappa shape index (κ2) is 6.95. The van der Waals surface area contributed by atoms with Crippen molar-refractivity contribution < 1.29 is 5.11 Å². The lowest BCUT2D eigenvalue weighted by atomic mass is 9.85. The van der Waals surface area contributed by atoms with Gasteiger partial charge in [-0.25, -0.2) is 0 Å². The highest BCUT2D eigenvalue weighted by Crippen LogP contribution is 2.29. The van der Waals surface area contributed by atoms with Crippen LogP contribution in [0.4, 0.5) is 0 Å². The molecule has 2 rings (SSSR count). The first kappa shape index (κ1) is 17.2. The lowest BCUT2D eigenvalue weighted by Crippen LogP contribution is -2.13. The molecular weight excluding hydrogens is 284 g/mol. The molecule has 2 aromatic rings. The maximum absolute atomic E-state index is 9.70. The highest BCUT2D eigenvalue weighted by atomic mass is 16.3. The molecule has 3 heteroatoms. The summed E-state index contributed by atoms with van der Waals surface area (Å²) >= 11 is 0. The van der Waals surface area contributed by atoms with E-state index in [1.807, 2.05) is 52.2 Å².